The Morgan fingerprint density at radius 3 is 2.61 bits per heavy atom. The molecular formula is C22H32FN3O4S. The van der Waals surface area contributed by atoms with E-state index >= 15 is 0 Å². The summed E-state index contributed by atoms with van der Waals surface area (Å²) in [6, 6.07) is 4.50. The monoisotopic (exact) mass is 453 g/mol. The van der Waals surface area contributed by atoms with Crippen LogP contribution in [0.1, 0.15) is 50.5 Å². The maximum Gasteiger partial charge on any atom is 0.324 e. The number of nitrogens with zero attached hydrogens (tertiary/aromatic N) is 2. The molecule has 1 saturated carbocycles. The number of hydrogen-bond acceptors (Lipinski definition) is 5. The first kappa shape index (κ1) is 23.5. The first-order chi connectivity index (χ1) is 14.6. The Morgan fingerprint density at radius 1 is 1.23 bits per heavy atom. The average molecular weight is 454 g/mol. The third kappa shape index (κ3) is 6.92. The lowest BCUT2D eigenvalue weighted by molar-refractivity contribution is -0.118. The quantitative estimate of drug-likeness (QED) is 0.388. The Morgan fingerprint density at radius 2 is 1.97 bits per heavy atom. The summed E-state index contributed by atoms with van der Waals surface area (Å²) in [6.45, 7) is 3.20. The predicted octanol–water partition coefficient (Wildman–Crippen LogP) is 2.91. The Kier molecular flexibility index (Phi) is 7.56. The van der Waals surface area contributed by atoms with Crippen molar-refractivity contribution in [2.24, 2.45) is 5.92 Å². The topological polar surface area (TPSA) is 86.8 Å². The highest BCUT2D eigenvalue weighted by atomic mass is 32.2. The zero-order valence-corrected chi connectivity index (χ0v) is 19.1. The summed E-state index contributed by atoms with van der Waals surface area (Å²) in [5.74, 6) is -0.0743. The number of anilines is 1. The molecule has 0 unspecified atom stereocenters. The lowest BCUT2D eigenvalue weighted by atomic mass is 10.0. The van der Waals surface area contributed by atoms with E-state index < -0.39 is 9.84 Å². The molecule has 0 bridgehead atoms. The molecule has 172 valence electrons. The minimum absolute atomic E-state index is 0.0213. The molecule has 1 saturated heterocycles. The van der Waals surface area contributed by atoms with Gasteiger partial charge in [-0.05, 0) is 55.2 Å². The highest BCUT2D eigenvalue weighted by Gasteiger charge is 2.26. The van der Waals surface area contributed by atoms with Crippen molar-refractivity contribution in [1.29, 1.82) is 0 Å². The van der Waals surface area contributed by atoms with Crippen molar-refractivity contribution < 1.29 is 22.4 Å². The lowest BCUT2D eigenvalue weighted by Crippen LogP contribution is -2.29. The van der Waals surface area contributed by atoms with E-state index in [4.69, 9.17) is 0 Å². The number of imide groups is 1. The van der Waals surface area contributed by atoms with Crippen molar-refractivity contribution in [3.63, 3.8) is 0 Å². The second-order valence-electron chi connectivity index (χ2n) is 8.89. The fraction of sp³-hybridized carbons (Fsp3) is 0.636. The number of unbranched alkanes of at least 4 members (excludes halogenated alkanes) is 2. The number of amides is 3. The molecule has 2 fully saturated rings. The minimum atomic E-state index is -3.25. The Bertz CT molecular complexity index is 917. The predicted molar refractivity (Wildman–Crippen MR) is 118 cm³/mol. The number of urea groups is 1. The molecule has 3 amide bonds. The zero-order valence-electron chi connectivity index (χ0n) is 18.3. The molecule has 0 aromatic heterocycles. The summed E-state index contributed by atoms with van der Waals surface area (Å²) in [4.78, 5) is 26.0. The number of nitrogens with one attached hydrogen (secondary N) is 1. The molecule has 31 heavy (non-hydrogen) atoms. The Labute approximate surface area is 183 Å². The summed E-state index contributed by atoms with van der Waals surface area (Å²) in [6.07, 6.45) is 4.20. The molecule has 7 nitrogen and oxygen atoms in total. The van der Waals surface area contributed by atoms with Crippen LogP contribution in [0.5, 0.6) is 0 Å². The molecule has 1 atom stereocenters. The van der Waals surface area contributed by atoms with Gasteiger partial charge in [-0.1, -0.05) is 19.4 Å². The molecule has 0 spiro atoms. The van der Waals surface area contributed by atoms with E-state index in [1.807, 2.05) is 18.9 Å². The van der Waals surface area contributed by atoms with Crippen LogP contribution in [0.15, 0.2) is 18.2 Å². The molecule has 1 aliphatic carbocycles. The number of carbonyl (C=O) groups is 2. The molecule has 9 heteroatoms. The number of carbonyl (C=O) groups excluding carboxylic acids is 2. The Hall–Kier alpha value is -2.16. The van der Waals surface area contributed by atoms with Crippen LogP contribution in [0.3, 0.4) is 0 Å². The third-order valence-corrected chi connectivity index (χ3v) is 7.85. The van der Waals surface area contributed by atoms with Crippen LogP contribution >= 0.6 is 0 Å². The van der Waals surface area contributed by atoms with Gasteiger partial charge in [0, 0.05) is 20.1 Å². The number of benzene rings is 1. The second-order valence-corrected chi connectivity index (χ2v) is 11.1. The van der Waals surface area contributed by atoms with Gasteiger partial charge in [0.1, 0.15) is 12.4 Å². The minimum Gasteiger partial charge on any atom is -0.372 e. The van der Waals surface area contributed by atoms with Gasteiger partial charge < -0.3 is 9.80 Å². The van der Waals surface area contributed by atoms with Crippen molar-refractivity contribution in [2.75, 3.05) is 43.1 Å². The maximum absolute atomic E-state index is 14.3. The molecule has 1 heterocycles. The van der Waals surface area contributed by atoms with E-state index in [1.54, 1.807) is 12.1 Å². The molecular weight excluding hydrogens is 421 g/mol. The molecule has 1 N–H and O–H groups in total. The standard InChI is InChI=1S/C22H32FN3O4S/c1-16(18-8-9-19(23)20(12-18)25(2)13-17-6-7-17)15-31(29,30)11-5-3-4-10-26-14-21(27)24-22(26)28/h8-9,12,16-17H,3-7,10-11,13-15H2,1-2H3,(H,24,27,28)/t16-/m0/s1. The van der Waals surface area contributed by atoms with Gasteiger partial charge in [-0.25, -0.2) is 17.6 Å². The number of halogens is 1. The van der Waals surface area contributed by atoms with E-state index in [0.29, 0.717) is 37.4 Å². The van der Waals surface area contributed by atoms with Crippen molar-refractivity contribution in [1.82, 2.24) is 10.2 Å². The van der Waals surface area contributed by atoms with Crippen LogP contribution < -0.4 is 10.2 Å². The van der Waals surface area contributed by atoms with Crippen LogP contribution in [0.2, 0.25) is 0 Å². The van der Waals surface area contributed by atoms with Gasteiger partial charge in [0.05, 0.1) is 17.2 Å². The highest BCUT2D eigenvalue weighted by molar-refractivity contribution is 7.91. The third-order valence-electron chi connectivity index (χ3n) is 5.93. The number of sulfone groups is 1. The van der Waals surface area contributed by atoms with Crippen molar-refractivity contribution in [3.05, 3.63) is 29.6 Å². The molecule has 1 aromatic rings. The van der Waals surface area contributed by atoms with E-state index in [1.165, 1.54) is 23.8 Å². The van der Waals surface area contributed by atoms with E-state index in [0.717, 1.165) is 12.1 Å². The van der Waals surface area contributed by atoms with Crippen LogP contribution in [0, 0.1) is 11.7 Å². The zero-order chi connectivity index (χ0) is 22.6. The number of rotatable bonds is 12. The number of hydrogen-bond donors (Lipinski definition) is 1. The molecule has 3 rings (SSSR count). The van der Waals surface area contributed by atoms with Crippen LogP contribution in [0.4, 0.5) is 14.9 Å². The van der Waals surface area contributed by atoms with E-state index in [2.05, 4.69) is 5.32 Å². The van der Waals surface area contributed by atoms with Gasteiger partial charge >= 0.3 is 6.03 Å². The van der Waals surface area contributed by atoms with Crippen molar-refractivity contribution >= 4 is 27.5 Å². The van der Waals surface area contributed by atoms with Crippen molar-refractivity contribution in [3.8, 4) is 0 Å². The average Bonchev–Trinajstić information content (AvgIpc) is 3.44. The lowest BCUT2D eigenvalue weighted by Gasteiger charge is -2.22. The largest absolute Gasteiger partial charge is 0.372 e. The smallest absolute Gasteiger partial charge is 0.324 e. The van der Waals surface area contributed by atoms with Crippen LogP contribution in [0.25, 0.3) is 0 Å². The van der Waals surface area contributed by atoms with E-state index in [9.17, 15) is 22.4 Å². The van der Waals surface area contributed by atoms with Crippen LogP contribution in [-0.4, -0.2) is 63.4 Å². The fourth-order valence-corrected chi connectivity index (χ4v) is 5.71. The molecule has 1 aromatic carbocycles. The van der Waals surface area contributed by atoms with Gasteiger partial charge in [0.2, 0.25) is 5.91 Å². The Balaban J connectivity index is 1.45. The van der Waals surface area contributed by atoms with Gasteiger partial charge in [-0.3, -0.25) is 10.1 Å². The molecule has 2 aliphatic rings. The van der Waals surface area contributed by atoms with Gasteiger partial charge in [-0.15, -0.1) is 0 Å². The van der Waals surface area contributed by atoms with Crippen molar-refractivity contribution in [2.45, 2.75) is 44.9 Å². The maximum atomic E-state index is 14.3. The first-order valence-corrected chi connectivity index (χ1v) is 12.8. The first-order valence-electron chi connectivity index (χ1n) is 10.9. The molecule has 0 radical (unpaired) electrons. The van der Waals surface area contributed by atoms with Crippen LogP contribution in [-0.2, 0) is 14.6 Å². The van der Waals surface area contributed by atoms with Gasteiger partial charge in [0.15, 0.2) is 9.84 Å². The highest BCUT2D eigenvalue weighted by Crippen LogP contribution is 2.32. The SMILES string of the molecule is C[C@@H](CS(=O)(=O)CCCCCN1CC(=O)NC1=O)c1ccc(F)c(N(C)CC2CC2)c1. The normalized spacial score (nSPS) is 17.7. The summed E-state index contributed by atoms with van der Waals surface area (Å²) in [7, 11) is -1.38. The summed E-state index contributed by atoms with van der Waals surface area (Å²) in [5, 5.41) is 2.22. The molecule has 1 aliphatic heterocycles. The van der Waals surface area contributed by atoms with Gasteiger partial charge in [-0.2, -0.15) is 0 Å². The fourth-order valence-electron chi connectivity index (χ4n) is 3.94. The van der Waals surface area contributed by atoms with Gasteiger partial charge in [0.25, 0.3) is 0 Å². The van der Waals surface area contributed by atoms with E-state index in [-0.39, 0.29) is 41.7 Å². The second kappa shape index (κ2) is 9.97. The summed E-state index contributed by atoms with van der Waals surface area (Å²) in [5.41, 5.74) is 1.35. The summed E-state index contributed by atoms with van der Waals surface area (Å²) >= 11 is 0. The summed E-state index contributed by atoms with van der Waals surface area (Å²) < 4.78 is 39.4.